The van der Waals surface area contributed by atoms with E-state index in [4.69, 9.17) is 11.6 Å². The molecule has 0 aromatic heterocycles. The van der Waals surface area contributed by atoms with Gasteiger partial charge in [0.2, 0.25) is 0 Å². The zero-order valence-electron chi connectivity index (χ0n) is 11.5. The van der Waals surface area contributed by atoms with Crippen molar-refractivity contribution in [2.24, 2.45) is 5.92 Å². The van der Waals surface area contributed by atoms with Gasteiger partial charge in [-0.2, -0.15) is 0 Å². The molecule has 1 aliphatic rings. The highest BCUT2D eigenvalue weighted by Crippen LogP contribution is 2.24. The van der Waals surface area contributed by atoms with Crippen LogP contribution in [0.3, 0.4) is 0 Å². The number of aryl methyl sites for hydroxylation is 1. The molecule has 0 radical (unpaired) electrons. The second-order valence-corrected chi connectivity index (χ2v) is 5.85. The number of likely N-dealkylation sites (tertiary alicyclic amines) is 1. The zero-order valence-corrected chi connectivity index (χ0v) is 12.3. The first-order valence-electron chi connectivity index (χ1n) is 6.58. The Morgan fingerprint density at radius 3 is 2.75 bits per heavy atom. The SMILES string of the molecule is Cc1cc(C(=O)N2CCC(Cl)C(C)C2)ccc1[N+](=O)[O-]. The van der Waals surface area contributed by atoms with Crippen LogP contribution in [0.25, 0.3) is 0 Å². The number of benzene rings is 1. The van der Waals surface area contributed by atoms with Gasteiger partial charge in [-0.05, 0) is 31.4 Å². The smallest absolute Gasteiger partial charge is 0.272 e. The molecular weight excluding hydrogens is 280 g/mol. The summed E-state index contributed by atoms with van der Waals surface area (Å²) in [4.78, 5) is 24.5. The molecule has 2 atom stereocenters. The first-order chi connectivity index (χ1) is 9.40. The molecule has 1 aliphatic heterocycles. The Morgan fingerprint density at radius 1 is 1.50 bits per heavy atom. The van der Waals surface area contributed by atoms with Gasteiger partial charge in [-0.15, -0.1) is 11.6 Å². The minimum absolute atomic E-state index is 0.0365. The number of carbonyl (C=O) groups excluding carboxylic acids is 1. The van der Waals surface area contributed by atoms with Gasteiger partial charge < -0.3 is 4.90 Å². The Kier molecular flexibility index (Phi) is 4.28. The minimum atomic E-state index is -0.440. The fourth-order valence-electron chi connectivity index (χ4n) is 2.48. The number of carbonyl (C=O) groups is 1. The number of rotatable bonds is 2. The van der Waals surface area contributed by atoms with E-state index < -0.39 is 4.92 Å². The lowest BCUT2D eigenvalue weighted by atomic mass is 9.98. The summed E-state index contributed by atoms with van der Waals surface area (Å²) in [7, 11) is 0. The lowest BCUT2D eigenvalue weighted by molar-refractivity contribution is -0.385. The van der Waals surface area contributed by atoms with Crippen molar-refractivity contribution >= 4 is 23.2 Å². The summed E-state index contributed by atoms with van der Waals surface area (Å²) >= 11 is 6.15. The van der Waals surface area contributed by atoms with Gasteiger partial charge in [0.1, 0.15) is 0 Å². The third-order valence-electron chi connectivity index (χ3n) is 3.73. The molecule has 1 fully saturated rings. The quantitative estimate of drug-likeness (QED) is 0.479. The topological polar surface area (TPSA) is 63.5 Å². The third-order valence-corrected chi connectivity index (χ3v) is 4.38. The molecule has 0 aliphatic carbocycles. The van der Waals surface area contributed by atoms with E-state index in [0.717, 1.165) is 6.42 Å². The van der Waals surface area contributed by atoms with Crippen molar-refractivity contribution in [3.63, 3.8) is 0 Å². The molecule has 1 amide bonds. The van der Waals surface area contributed by atoms with E-state index in [2.05, 4.69) is 0 Å². The summed E-state index contributed by atoms with van der Waals surface area (Å²) in [6.07, 6.45) is 0.778. The van der Waals surface area contributed by atoms with Crippen LogP contribution in [0.1, 0.15) is 29.3 Å². The van der Waals surface area contributed by atoms with Crippen molar-refractivity contribution < 1.29 is 9.72 Å². The molecule has 0 saturated carbocycles. The maximum absolute atomic E-state index is 12.4. The third kappa shape index (κ3) is 2.93. The highest BCUT2D eigenvalue weighted by molar-refractivity contribution is 6.20. The normalized spacial score (nSPS) is 22.6. The van der Waals surface area contributed by atoms with Gasteiger partial charge in [-0.25, -0.2) is 0 Å². The van der Waals surface area contributed by atoms with Crippen LogP contribution < -0.4 is 0 Å². The highest BCUT2D eigenvalue weighted by atomic mass is 35.5. The van der Waals surface area contributed by atoms with Gasteiger partial charge in [0.05, 0.1) is 4.92 Å². The van der Waals surface area contributed by atoms with E-state index in [1.54, 1.807) is 17.9 Å². The second-order valence-electron chi connectivity index (χ2n) is 5.29. The van der Waals surface area contributed by atoms with Gasteiger partial charge >= 0.3 is 0 Å². The van der Waals surface area contributed by atoms with Crippen molar-refractivity contribution in [2.75, 3.05) is 13.1 Å². The minimum Gasteiger partial charge on any atom is -0.338 e. The number of amides is 1. The van der Waals surface area contributed by atoms with Gasteiger partial charge in [0, 0.05) is 35.7 Å². The van der Waals surface area contributed by atoms with Gasteiger partial charge in [-0.1, -0.05) is 6.92 Å². The number of hydrogen-bond donors (Lipinski definition) is 0. The van der Waals surface area contributed by atoms with Gasteiger partial charge in [-0.3, -0.25) is 14.9 Å². The number of halogens is 1. The number of nitrogens with zero attached hydrogens (tertiary/aromatic N) is 2. The van der Waals surface area contributed by atoms with Crippen LogP contribution in [0.4, 0.5) is 5.69 Å². The molecule has 0 bridgehead atoms. The molecule has 1 saturated heterocycles. The Hall–Kier alpha value is -1.62. The number of nitro groups is 1. The van der Waals surface area contributed by atoms with E-state index >= 15 is 0 Å². The molecule has 0 N–H and O–H groups in total. The Morgan fingerprint density at radius 2 is 2.20 bits per heavy atom. The summed E-state index contributed by atoms with van der Waals surface area (Å²) in [5.41, 5.74) is 1.03. The summed E-state index contributed by atoms with van der Waals surface area (Å²) < 4.78 is 0. The predicted octanol–water partition coefficient (Wildman–Crippen LogP) is 2.99. The molecular formula is C14H17ClN2O3. The summed E-state index contributed by atoms with van der Waals surface area (Å²) in [5, 5.41) is 10.9. The summed E-state index contributed by atoms with van der Waals surface area (Å²) in [6.45, 7) is 4.93. The van der Waals surface area contributed by atoms with Crippen LogP contribution >= 0.6 is 11.6 Å². The van der Waals surface area contributed by atoms with Crippen LogP contribution in [0.15, 0.2) is 18.2 Å². The molecule has 5 nitrogen and oxygen atoms in total. The van der Waals surface area contributed by atoms with Crippen molar-refractivity contribution in [1.29, 1.82) is 0 Å². The first-order valence-corrected chi connectivity index (χ1v) is 7.02. The first kappa shape index (κ1) is 14.8. The largest absolute Gasteiger partial charge is 0.338 e. The Bertz CT molecular complexity index is 547. The fraction of sp³-hybridized carbons (Fsp3) is 0.500. The van der Waals surface area contributed by atoms with Crippen molar-refractivity contribution in [3.8, 4) is 0 Å². The predicted molar refractivity (Wildman–Crippen MR) is 77.2 cm³/mol. The van der Waals surface area contributed by atoms with Gasteiger partial charge in [0.15, 0.2) is 0 Å². The van der Waals surface area contributed by atoms with E-state index in [9.17, 15) is 14.9 Å². The number of alkyl halides is 1. The molecule has 6 heteroatoms. The number of piperidine rings is 1. The number of nitro benzene ring substituents is 1. The molecule has 1 aromatic carbocycles. The average molecular weight is 297 g/mol. The maximum Gasteiger partial charge on any atom is 0.272 e. The van der Waals surface area contributed by atoms with Crippen LogP contribution in [-0.2, 0) is 0 Å². The Balaban J connectivity index is 2.17. The van der Waals surface area contributed by atoms with Crippen LogP contribution in [0.5, 0.6) is 0 Å². The molecule has 2 rings (SSSR count). The molecule has 1 heterocycles. The van der Waals surface area contributed by atoms with Crippen LogP contribution in [0, 0.1) is 23.0 Å². The van der Waals surface area contributed by atoms with Gasteiger partial charge in [0.25, 0.3) is 11.6 Å². The van der Waals surface area contributed by atoms with E-state index in [1.807, 2.05) is 6.92 Å². The van der Waals surface area contributed by atoms with Crippen LogP contribution in [-0.4, -0.2) is 34.2 Å². The summed E-state index contributed by atoms with van der Waals surface area (Å²) in [5.74, 6) is 0.173. The molecule has 20 heavy (non-hydrogen) atoms. The molecule has 2 unspecified atom stereocenters. The van der Waals surface area contributed by atoms with Crippen molar-refractivity contribution in [1.82, 2.24) is 4.90 Å². The van der Waals surface area contributed by atoms with E-state index in [-0.39, 0.29) is 22.9 Å². The van der Waals surface area contributed by atoms with E-state index in [1.165, 1.54) is 12.1 Å². The maximum atomic E-state index is 12.4. The molecule has 0 spiro atoms. The lowest BCUT2D eigenvalue weighted by Gasteiger charge is -2.34. The monoisotopic (exact) mass is 296 g/mol. The van der Waals surface area contributed by atoms with Crippen LogP contribution in [0.2, 0.25) is 0 Å². The highest BCUT2D eigenvalue weighted by Gasteiger charge is 2.28. The standard InChI is InChI=1S/C14H17ClN2O3/c1-9-7-11(3-4-13(9)17(19)20)14(18)16-6-5-12(15)10(2)8-16/h3-4,7,10,12H,5-6,8H2,1-2H3. The van der Waals surface area contributed by atoms with Crippen molar-refractivity contribution in [2.45, 2.75) is 25.6 Å². The lowest BCUT2D eigenvalue weighted by Crippen LogP contribution is -2.43. The zero-order chi connectivity index (χ0) is 14.9. The fourth-order valence-corrected chi connectivity index (χ4v) is 2.65. The van der Waals surface area contributed by atoms with Crippen molar-refractivity contribution in [3.05, 3.63) is 39.4 Å². The second kappa shape index (κ2) is 5.79. The summed E-state index contributed by atoms with van der Waals surface area (Å²) in [6, 6.07) is 4.49. The average Bonchev–Trinajstić information content (AvgIpc) is 2.40. The number of hydrogen-bond acceptors (Lipinski definition) is 3. The Labute approximate surface area is 122 Å². The molecule has 108 valence electrons. The van der Waals surface area contributed by atoms with E-state index in [0.29, 0.717) is 24.2 Å². The molecule has 1 aromatic rings.